The molecule has 7 nitrogen and oxygen atoms in total. The molecule has 0 spiro atoms. The van der Waals surface area contributed by atoms with Crippen LogP contribution in [-0.2, 0) is 0 Å². The summed E-state index contributed by atoms with van der Waals surface area (Å²) >= 11 is 5.70. The van der Waals surface area contributed by atoms with Crippen LogP contribution in [0.25, 0.3) is 0 Å². The van der Waals surface area contributed by atoms with Crippen LogP contribution in [0.3, 0.4) is 0 Å². The van der Waals surface area contributed by atoms with E-state index in [4.69, 9.17) is 22.0 Å². The van der Waals surface area contributed by atoms with Crippen LogP contribution in [0.1, 0.15) is 25.3 Å². The topological polar surface area (TPSA) is 115 Å². The number of anilines is 1. The van der Waals surface area contributed by atoms with Gasteiger partial charge in [0, 0.05) is 13.5 Å². The molecule has 22 heavy (non-hydrogen) atoms. The lowest BCUT2D eigenvalue weighted by Gasteiger charge is -2.08. The van der Waals surface area contributed by atoms with Crippen LogP contribution in [-0.4, -0.2) is 33.6 Å². The number of hydrogen-bond acceptors (Lipinski definition) is 7. The zero-order valence-corrected chi connectivity index (χ0v) is 13.4. The van der Waals surface area contributed by atoms with E-state index >= 15 is 0 Å². The minimum atomic E-state index is -0.167. The molecule has 2 rings (SSSR count). The van der Waals surface area contributed by atoms with Gasteiger partial charge in [-0.05, 0) is 12.1 Å². The number of nitrogens with zero attached hydrogens (tertiary/aromatic N) is 3. The third-order valence-electron chi connectivity index (χ3n) is 2.13. The van der Waals surface area contributed by atoms with E-state index in [-0.39, 0.29) is 22.9 Å². The normalized spacial score (nSPS) is 8.73. The van der Waals surface area contributed by atoms with Crippen molar-refractivity contribution >= 4 is 17.3 Å². The first-order valence-corrected chi connectivity index (χ1v) is 6.97. The number of nitrogens with one attached hydrogen (secondary N) is 1. The van der Waals surface area contributed by atoms with Crippen molar-refractivity contribution in [3.05, 3.63) is 35.0 Å². The van der Waals surface area contributed by atoms with Crippen molar-refractivity contribution in [1.82, 2.24) is 10.2 Å². The van der Waals surface area contributed by atoms with Gasteiger partial charge in [0.05, 0.1) is 17.9 Å². The summed E-state index contributed by atoms with van der Waals surface area (Å²) in [5, 5.41) is 36.4. The van der Waals surface area contributed by atoms with Gasteiger partial charge in [0.25, 0.3) is 0 Å². The Bertz CT molecular complexity index is 583. The molecule has 0 fully saturated rings. The van der Waals surface area contributed by atoms with Crippen LogP contribution >= 0.6 is 11.6 Å². The van der Waals surface area contributed by atoms with Gasteiger partial charge in [-0.15, -0.1) is 10.2 Å². The molecule has 0 bridgehead atoms. The monoisotopic (exact) mass is 326 g/mol. The minimum absolute atomic E-state index is 0.0236. The van der Waals surface area contributed by atoms with Gasteiger partial charge in [-0.25, -0.2) is 0 Å². The SMILES string of the molecule is CC.Cc1nnco1.N#Cc1ccc(NCCO)c(O)c1Cl. The number of aromatic nitrogens is 2. The standard InChI is InChI=1S/C9H9ClN2O2.C3H4N2O.C2H6/c10-8-6(5-11)1-2-7(9(8)14)12-3-4-13;1-3-5-4-2-6-3;1-2/h1-2,12-14H,3-4H2;2H,1H3;1-2H3. The highest BCUT2D eigenvalue weighted by Gasteiger charge is 2.09. The van der Waals surface area contributed by atoms with Gasteiger partial charge in [-0.1, -0.05) is 25.4 Å². The highest BCUT2D eigenvalue weighted by Crippen LogP contribution is 2.34. The molecule has 1 aromatic carbocycles. The lowest BCUT2D eigenvalue weighted by atomic mass is 10.2. The molecule has 0 atom stereocenters. The summed E-state index contributed by atoms with van der Waals surface area (Å²) in [5.41, 5.74) is 0.627. The van der Waals surface area contributed by atoms with Crippen molar-refractivity contribution in [2.45, 2.75) is 20.8 Å². The van der Waals surface area contributed by atoms with Crippen molar-refractivity contribution < 1.29 is 14.6 Å². The maximum absolute atomic E-state index is 9.51. The van der Waals surface area contributed by atoms with Crippen LogP contribution in [0.2, 0.25) is 5.02 Å². The van der Waals surface area contributed by atoms with Gasteiger partial charge in [-0.3, -0.25) is 0 Å². The van der Waals surface area contributed by atoms with Crippen LogP contribution in [0.15, 0.2) is 22.9 Å². The van der Waals surface area contributed by atoms with Crippen LogP contribution in [0.5, 0.6) is 5.75 Å². The molecule has 1 heterocycles. The van der Waals surface area contributed by atoms with Gasteiger partial charge in [0.1, 0.15) is 11.1 Å². The minimum Gasteiger partial charge on any atom is -0.504 e. The molecule has 0 radical (unpaired) electrons. The molecule has 0 amide bonds. The number of phenols is 1. The lowest BCUT2D eigenvalue weighted by Crippen LogP contribution is -2.05. The van der Waals surface area contributed by atoms with Crippen LogP contribution in [0, 0.1) is 18.3 Å². The van der Waals surface area contributed by atoms with Crippen LogP contribution in [0.4, 0.5) is 5.69 Å². The molecule has 2 aromatic rings. The van der Waals surface area contributed by atoms with E-state index < -0.39 is 0 Å². The molecular formula is C14H19ClN4O3. The fourth-order valence-electron chi connectivity index (χ4n) is 1.21. The largest absolute Gasteiger partial charge is 0.504 e. The number of benzene rings is 1. The molecule has 0 unspecified atom stereocenters. The number of nitriles is 1. The van der Waals surface area contributed by atoms with E-state index in [0.29, 0.717) is 18.1 Å². The predicted octanol–water partition coefficient (Wildman–Crippen LogP) is 2.73. The number of aliphatic hydroxyl groups is 1. The first-order valence-electron chi connectivity index (χ1n) is 6.59. The molecule has 1 aromatic heterocycles. The summed E-state index contributed by atoms with van der Waals surface area (Å²) in [7, 11) is 0. The summed E-state index contributed by atoms with van der Waals surface area (Å²) in [6.45, 7) is 6.01. The number of halogens is 1. The van der Waals surface area contributed by atoms with Crippen molar-refractivity contribution in [3.63, 3.8) is 0 Å². The molecule has 120 valence electrons. The smallest absolute Gasteiger partial charge is 0.213 e. The Morgan fingerprint density at radius 2 is 2.09 bits per heavy atom. The van der Waals surface area contributed by atoms with E-state index in [9.17, 15) is 5.11 Å². The van der Waals surface area contributed by atoms with E-state index in [1.54, 1.807) is 6.92 Å². The number of rotatable bonds is 3. The fraction of sp³-hybridized carbons (Fsp3) is 0.357. The Kier molecular flexibility index (Phi) is 10.2. The summed E-state index contributed by atoms with van der Waals surface area (Å²) in [6.07, 6.45) is 1.30. The molecule has 0 aliphatic heterocycles. The average molecular weight is 327 g/mol. The van der Waals surface area contributed by atoms with Gasteiger partial charge in [-0.2, -0.15) is 5.26 Å². The number of phenolic OH excluding ortho intramolecular Hbond substituents is 1. The molecule has 8 heteroatoms. The van der Waals surface area contributed by atoms with E-state index in [2.05, 4.69) is 19.9 Å². The van der Waals surface area contributed by atoms with Crippen molar-refractivity contribution in [3.8, 4) is 11.8 Å². The predicted molar refractivity (Wildman–Crippen MR) is 83.8 cm³/mol. The fourth-order valence-corrected chi connectivity index (χ4v) is 1.42. The van der Waals surface area contributed by atoms with Gasteiger partial charge < -0.3 is 19.9 Å². The third kappa shape index (κ3) is 6.43. The summed E-state index contributed by atoms with van der Waals surface area (Å²) < 4.78 is 4.61. The molecule has 3 N–H and O–H groups in total. The Morgan fingerprint density at radius 1 is 1.41 bits per heavy atom. The van der Waals surface area contributed by atoms with Crippen molar-refractivity contribution in [2.24, 2.45) is 0 Å². The number of hydrogen-bond donors (Lipinski definition) is 3. The molecule has 0 aliphatic rings. The van der Waals surface area contributed by atoms with Crippen LogP contribution < -0.4 is 5.32 Å². The number of aliphatic hydroxyl groups excluding tert-OH is 1. The molecular weight excluding hydrogens is 308 g/mol. The van der Waals surface area contributed by atoms with Gasteiger partial charge in [0.2, 0.25) is 12.3 Å². The Labute approximate surface area is 134 Å². The zero-order valence-electron chi connectivity index (χ0n) is 12.7. The maximum Gasteiger partial charge on any atom is 0.213 e. The average Bonchev–Trinajstić information content (AvgIpc) is 3.02. The second-order valence-electron chi connectivity index (χ2n) is 3.54. The highest BCUT2D eigenvalue weighted by molar-refractivity contribution is 6.33. The van der Waals surface area contributed by atoms with Gasteiger partial charge in [0.15, 0.2) is 5.75 Å². The highest BCUT2D eigenvalue weighted by atomic mass is 35.5. The summed E-state index contributed by atoms with van der Waals surface area (Å²) in [4.78, 5) is 0. The first-order chi connectivity index (χ1) is 10.6. The third-order valence-corrected chi connectivity index (χ3v) is 2.52. The molecule has 0 aliphatic carbocycles. The lowest BCUT2D eigenvalue weighted by molar-refractivity contribution is 0.311. The number of aromatic hydroxyl groups is 1. The molecule has 0 saturated heterocycles. The second kappa shape index (κ2) is 11.4. The maximum atomic E-state index is 9.51. The number of aryl methyl sites for hydroxylation is 1. The quantitative estimate of drug-likeness (QED) is 0.742. The summed E-state index contributed by atoms with van der Waals surface area (Å²) in [5.74, 6) is 0.439. The molecule has 0 saturated carbocycles. The van der Waals surface area contributed by atoms with E-state index in [1.807, 2.05) is 19.9 Å². The Hall–Kier alpha value is -2.30. The van der Waals surface area contributed by atoms with E-state index in [0.717, 1.165) is 0 Å². The first kappa shape index (κ1) is 19.7. The second-order valence-corrected chi connectivity index (χ2v) is 3.92. The van der Waals surface area contributed by atoms with Crippen molar-refractivity contribution in [1.29, 1.82) is 5.26 Å². The summed E-state index contributed by atoms with van der Waals surface area (Å²) in [6, 6.07) is 4.89. The Morgan fingerprint density at radius 3 is 2.50 bits per heavy atom. The van der Waals surface area contributed by atoms with Crippen molar-refractivity contribution in [2.75, 3.05) is 18.5 Å². The van der Waals surface area contributed by atoms with E-state index in [1.165, 1.54) is 18.5 Å². The Balaban J connectivity index is 0.000000457. The van der Waals surface area contributed by atoms with Gasteiger partial charge >= 0.3 is 0 Å². The zero-order chi connectivity index (χ0) is 17.0.